The maximum absolute atomic E-state index is 10.3. The van der Waals surface area contributed by atoms with E-state index in [4.69, 9.17) is 5.11 Å². The summed E-state index contributed by atoms with van der Waals surface area (Å²) in [6.07, 6.45) is 0. The molecule has 0 spiro atoms. The van der Waals surface area contributed by atoms with E-state index >= 15 is 0 Å². The van der Waals surface area contributed by atoms with E-state index in [-0.39, 0.29) is 6.61 Å². The normalized spacial score (nSPS) is 9.93. The molecule has 0 aromatic heterocycles. The number of benzene rings is 1. The Bertz CT molecular complexity index is 326. The summed E-state index contributed by atoms with van der Waals surface area (Å²) < 4.78 is 0. The van der Waals surface area contributed by atoms with Crippen LogP contribution in [0.4, 0.5) is 11.4 Å². The standard InChI is InChI=1S/C10H14N2O2/c1-8-7-9(12(2)5-6-13)3-4-10(8)11-14/h3-4,7,13H,5-6H2,1-2H3. The summed E-state index contributed by atoms with van der Waals surface area (Å²) in [7, 11) is 1.89. The monoisotopic (exact) mass is 194 g/mol. The first kappa shape index (κ1) is 10.7. The van der Waals surface area contributed by atoms with E-state index in [1.165, 1.54) is 0 Å². The molecular formula is C10H14N2O2. The molecule has 0 aliphatic rings. The van der Waals surface area contributed by atoms with Gasteiger partial charge < -0.3 is 10.0 Å². The number of likely N-dealkylation sites (N-methyl/N-ethyl adjacent to an activating group) is 1. The molecule has 0 saturated carbocycles. The summed E-state index contributed by atoms with van der Waals surface area (Å²) in [6, 6.07) is 5.39. The second kappa shape index (κ2) is 4.72. The zero-order chi connectivity index (χ0) is 10.6. The number of aryl methyl sites for hydroxylation is 1. The third-order valence-corrected chi connectivity index (χ3v) is 2.15. The minimum absolute atomic E-state index is 0.114. The van der Waals surface area contributed by atoms with Crippen molar-refractivity contribution in [1.82, 2.24) is 0 Å². The largest absolute Gasteiger partial charge is 0.395 e. The second-order valence-electron chi connectivity index (χ2n) is 3.21. The van der Waals surface area contributed by atoms with Gasteiger partial charge in [0.25, 0.3) is 0 Å². The van der Waals surface area contributed by atoms with Crippen LogP contribution in [0.25, 0.3) is 0 Å². The number of aliphatic hydroxyl groups excluding tert-OH is 1. The smallest absolute Gasteiger partial charge is 0.111 e. The fourth-order valence-electron chi connectivity index (χ4n) is 1.26. The van der Waals surface area contributed by atoms with Crippen molar-refractivity contribution < 1.29 is 5.11 Å². The van der Waals surface area contributed by atoms with E-state index in [1.54, 1.807) is 6.07 Å². The molecule has 0 aliphatic heterocycles. The van der Waals surface area contributed by atoms with Crippen LogP contribution in [-0.4, -0.2) is 25.3 Å². The quantitative estimate of drug-likeness (QED) is 0.744. The SMILES string of the molecule is Cc1cc(N(C)CCO)ccc1N=O. The molecule has 0 amide bonds. The van der Waals surface area contributed by atoms with Gasteiger partial charge in [-0.15, -0.1) is 4.91 Å². The Morgan fingerprint density at radius 1 is 1.50 bits per heavy atom. The molecule has 1 rings (SSSR count). The maximum atomic E-state index is 10.3. The van der Waals surface area contributed by atoms with Gasteiger partial charge in [-0.2, -0.15) is 0 Å². The summed E-state index contributed by atoms with van der Waals surface area (Å²) in [5, 5.41) is 11.7. The molecule has 0 atom stereocenters. The Kier molecular flexibility index (Phi) is 3.59. The van der Waals surface area contributed by atoms with Crippen LogP contribution in [0.2, 0.25) is 0 Å². The van der Waals surface area contributed by atoms with Crippen LogP contribution in [0.3, 0.4) is 0 Å². The number of rotatable bonds is 4. The molecule has 0 saturated heterocycles. The molecule has 1 aromatic carbocycles. The Hall–Kier alpha value is -1.42. The Morgan fingerprint density at radius 2 is 2.21 bits per heavy atom. The van der Waals surface area contributed by atoms with Gasteiger partial charge in [0.1, 0.15) is 5.69 Å². The lowest BCUT2D eigenvalue weighted by Crippen LogP contribution is -2.20. The number of aliphatic hydroxyl groups is 1. The molecule has 0 heterocycles. The van der Waals surface area contributed by atoms with E-state index in [1.807, 2.05) is 31.0 Å². The van der Waals surface area contributed by atoms with E-state index in [0.717, 1.165) is 11.3 Å². The first-order valence-electron chi connectivity index (χ1n) is 4.45. The summed E-state index contributed by atoms with van der Waals surface area (Å²) >= 11 is 0. The van der Waals surface area contributed by atoms with Crippen molar-refractivity contribution in [3.8, 4) is 0 Å². The van der Waals surface area contributed by atoms with Crippen LogP contribution in [0, 0.1) is 11.8 Å². The van der Waals surface area contributed by atoms with Crippen LogP contribution in [0.15, 0.2) is 23.4 Å². The fraction of sp³-hybridized carbons (Fsp3) is 0.400. The van der Waals surface area contributed by atoms with Gasteiger partial charge in [0, 0.05) is 19.3 Å². The molecule has 0 unspecified atom stereocenters. The lowest BCUT2D eigenvalue weighted by atomic mass is 10.2. The van der Waals surface area contributed by atoms with Crippen molar-refractivity contribution in [3.05, 3.63) is 28.7 Å². The summed E-state index contributed by atoms with van der Waals surface area (Å²) in [4.78, 5) is 12.2. The molecule has 0 radical (unpaired) electrons. The molecule has 0 aliphatic carbocycles. The van der Waals surface area contributed by atoms with Gasteiger partial charge in [-0.25, -0.2) is 0 Å². The van der Waals surface area contributed by atoms with Crippen LogP contribution in [-0.2, 0) is 0 Å². The maximum Gasteiger partial charge on any atom is 0.111 e. The highest BCUT2D eigenvalue weighted by Gasteiger charge is 2.03. The minimum atomic E-state index is 0.114. The number of hydrogen-bond donors (Lipinski definition) is 1. The highest BCUT2D eigenvalue weighted by Crippen LogP contribution is 2.23. The number of hydrogen-bond acceptors (Lipinski definition) is 4. The summed E-state index contributed by atoms with van der Waals surface area (Å²) in [5.74, 6) is 0. The highest BCUT2D eigenvalue weighted by molar-refractivity contribution is 5.57. The first-order valence-corrected chi connectivity index (χ1v) is 4.45. The van der Waals surface area contributed by atoms with Gasteiger partial charge in [0.15, 0.2) is 0 Å². The van der Waals surface area contributed by atoms with Gasteiger partial charge >= 0.3 is 0 Å². The molecule has 14 heavy (non-hydrogen) atoms. The predicted octanol–water partition coefficient (Wildman–Crippen LogP) is 1.82. The van der Waals surface area contributed by atoms with Crippen molar-refractivity contribution >= 4 is 11.4 Å². The summed E-state index contributed by atoms with van der Waals surface area (Å²) in [6.45, 7) is 2.53. The van der Waals surface area contributed by atoms with Gasteiger partial charge in [0.2, 0.25) is 0 Å². The zero-order valence-electron chi connectivity index (χ0n) is 8.40. The van der Waals surface area contributed by atoms with Crippen molar-refractivity contribution in [3.63, 3.8) is 0 Å². The van der Waals surface area contributed by atoms with Crippen molar-refractivity contribution in [1.29, 1.82) is 0 Å². The number of anilines is 1. The Morgan fingerprint density at radius 3 is 2.71 bits per heavy atom. The molecule has 4 heteroatoms. The predicted molar refractivity (Wildman–Crippen MR) is 57.0 cm³/mol. The molecular weight excluding hydrogens is 180 g/mol. The molecule has 1 N–H and O–H groups in total. The Labute approximate surface area is 83.1 Å². The van der Waals surface area contributed by atoms with Crippen molar-refractivity contribution in [2.75, 3.05) is 25.1 Å². The summed E-state index contributed by atoms with van der Waals surface area (Å²) in [5.41, 5.74) is 2.29. The molecule has 76 valence electrons. The lowest BCUT2D eigenvalue weighted by Gasteiger charge is -2.18. The average Bonchev–Trinajstić information content (AvgIpc) is 2.18. The Balaban J connectivity index is 2.90. The highest BCUT2D eigenvalue weighted by atomic mass is 16.3. The van der Waals surface area contributed by atoms with Crippen molar-refractivity contribution in [2.45, 2.75) is 6.92 Å². The molecule has 1 aromatic rings. The molecule has 0 bridgehead atoms. The average molecular weight is 194 g/mol. The van der Waals surface area contributed by atoms with Gasteiger partial charge in [-0.1, -0.05) is 0 Å². The van der Waals surface area contributed by atoms with Crippen molar-refractivity contribution in [2.24, 2.45) is 5.18 Å². The van der Waals surface area contributed by atoms with E-state index in [9.17, 15) is 4.91 Å². The zero-order valence-corrected chi connectivity index (χ0v) is 8.40. The lowest BCUT2D eigenvalue weighted by molar-refractivity contribution is 0.304. The van der Waals surface area contributed by atoms with Gasteiger partial charge in [0.05, 0.1) is 6.61 Å². The fourth-order valence-corrected chi connectivity index (χ4v) is 1.26. The van der Waals surface area contributed by atoms with Crippen LogP contribution in [0.1, 0.15) is 5.56 Å². The second-order valence-corrected chi connectivity index (χ2v) is 3.21. The minimum Gasteiger partial charge on any atom is -0.395 e. The topological polar surface area (TPSA) is 52.9 Å². The van der Waals surface area contributed by atoms with Crippen LogP contribution in [0.5, 0.6) is 0 Å². The third-order valence-electron chi connectivity index (χ3n) is 2.15. The van der Waals surface area contributed by atoms with Crippen LogP contribution >= 0.6 is 0 Å². The third kappa shape index (κ3) is 2.29. The number of nitroso groups, excluding NO2 is 1. The van der Waals surface area contributed by atoms with E-state index < -0.39 is 0 Å². The molecule has 0 fully saturated rings. The number of nitrogens with zero attached hydrogens (tertiary/aromatic N) is 2. The van der Waals surface area contributed by atoms with Gasteiger partial charge in [-0.3, -0.25) is 0 Å². The molecule has 4 nitrogen and oxygen atoms in total. The first-order chi connectivity index (χ1) is 6.69. The van der Waals surface area contributed by atoms with E-state index in [0.29, 0.717) is 12.2 Å². The van der Waals surface area contributed by atoms with Gasteiger partial charge in [-0.05, 0) is 35.9 Å². The van der Waals surface area contributed by atoms with Crippen LogP contribution < -0.4 is 4.90 Å². The van der Waals surface area contributed by atoms with E-state index in [2.05, 4.69) is 5.18 Å².